The van der Waals surface area contributed by atoms with E-state index in [1.165, 1.54) is 60.8 Å². The molecule has 0 amide bonds. The molecule has 33 nitrogen and oxygen atoms in total. The normalized spacial score (nSPS) is 22.1. The third kappa shape index (κ3) is 13.3. The summed E-state index contributed by atoms with van der Waals surface area (Å²) in [5, 5.41) is 16.6. The summed E-state index contributed by atoms with van der Waals surface area (Å²) in [6, 6.07) is 24.4. The Labute approximate surface area is 693 Å². The molecule has 0 spiro atoms. The maximum absolute atomic E-state index is 14.4. The van der Waals surface area contributed by atoms with Gasteiger partial charge in [-0.15, -0.1) is 6.42 Å². The number of benzene rings is 4. The Morgan fingerprint density at radius 1 is 0.455 bits per heavy atom. The molecule has 12 aromatic heterocycles. The van der Waals surface area contributed by atoms with E-state index in [9.17, 15) is 32.3 Å². The lowest BCUT2D eigenvalue weighted by molar-refractivity contribution is 0.304. The number of aromatic nitrogens is 24. The van der Waals surface area contributed by atoms with Crippen molar-refractivity contribution in [2.24, 2.45) is 63.7 Å². The Morgan fingerprint density at radius 3 is 1.22 bits per heavy atom. The van der Waals surface area contributed by atoms with E-state index in [0.717, 1.165) is 52.8 Å². The number of halogens is 3. The third-order valence-electron chi connectivity index (χ3n) is 25.0. The molecule has 0 radical (unpaired) electrons. The summed E-state index contributed by atoms with van der Waals surface area (Å²) in [5.41, 5.74) is 12.7. The van der Waals surface area contributed by atoms with Gasteiger partial charge in [0.25, 0.3) is 22.2 Å². The van der Waals surface area contributed by atoms with Gasteiger partial charge in [0.15, 0.2) is 68.0 Å². The number of fused-ring (bicyclic) bond motifs is 10. The largest absolute Gasteiger partial charge is 0.488 e. The summed E-state index contributed by atoms with van der Waals surface area (Å²) in [7, 11) is 7.03. The zero-order valence-corrected chi connectivity index (χ0v) is 66.9. The number of hydrogen-bond donors (Lipinski definition) is 0. The van der Waals surface area contributed by atoms with Gasteiger partial charge in [-0.3, -0.25) is 37.4 Å². The number of terminal acetylenes is 1. The van der Waals surface area contributed by atoms with Crippen LogP contribution in [-0.4, -0.2) is 123 Å². The van der Waals surface area contributed by atoms with Crippen molar-refractivity contribution in [3.8, 4) is 18.1 Å². The lowest BCUT2D eigenvalue weighted by atomic mass is 9.98. The number of rotatable bonds is 16. The average molecular weight is 1660 g/mol. The molecule has 0 bridgehead atoms. The Morgan fingerprint density at radius 2 is 0.829 bits per heavy atom. The minimum atomic E-state index is -0.954. The third-order valence-corrected chi connectivity index (χ3v) is 25.0. The summed E-state index contributed by atoms with van der Waals surface area (Å²) in [6.07, 6.45) is 25.6. The Hall–Kier alpha value is -14.8. The van der Waals surface area contributed by atoms with Gasteiger partial charge in [0.2, 0.25) is 23.6 Å². The van der Waals surface area contributed by atoms with Crippen molar-refractivity contribution in [1.82, 2.24) is 117 Å². The topological polar surface area (TPSA) is 376 Å². The van der Waals surface area contributed by atoms with E-state index in [-0.39, 0.29) is 101 Å². The van der Waals surface area contributed by atoms with Crippen LogP contribution in [0.3, 0.4) is 0 Å². The fourth-order valence-corrected chi connectivity index (χ4v) is 18.3. The fourth-order valence-electron chi connectivity index (χ4n) is 18.3. The molecular formula is C87H73F3N24O9. The predicted molar refractivity (Wildman–Crippen MR) is 434 cm³/mol. The van der Waals surface area contributed by atoms with E-state index in [2.05, 4.69) is 124 Å². The van der Waals surface area contributed by atoms with Crippen LogP contribution in [0.15, 0.2) is 185 Å². The average Bonchev–Trinajstić information content (AvgIpc) is 1.55. The molecule has 0 saturated heterocycles. The lowest BCUT2D eigenvalue weighted by Gasteiger charge is -2.08. The molecule has 4 aromatic carbocycles. The summed E-state index contributed by atoms with van der Waals surface area (Å²) in [6.45, 7) is 6.01. The maximum Gasteiger partial charge on any atom is 0.280 e. The van der Waals surface area contributed by atoms with Crippen LogP contribution in [-0.2, 0) is 54.4 Å². The second-order valence-electron chi connectivity index (χ2n) is 32.6. The molecular weight excluding hydrogens is 1580 g/mol. The molecule has 36 heteroatoms. The molecule has 0 N–H and O–H groups in total. The van der Waals surface area contributed by atoms with Crippen LogP contribution in [0.25, 0.3) is 61.4 Å². The van der Waals surface area contributed by atoms with E-state index >= 15 is 0 Å². The molecule has 16 aromatic rings. The number of hydrogen-bond acceptors (Lipinski definition) is 25. The summed E-state index contributed by atoms with van der Waals surface area (Å²) in [5.74, 6) is 10.1. The first-order valence-electron chi connectivity index (χ1n) is 40.1. The van der Waals surface area contributed by atoms with E-state index in [0.29, 0.717) is 144 Å². The Kier molecular flexibility index (Phi) is 18.0. The molecule has 4 saturated carbocycles. The van der Waals surface area contributed by atoms with Crippen molar-refractivity contribution in [2.75, 3.05) is 0 Å². The van der Waals surface area contributed by atoms with Gasteiger partial charge in [0, 0.05) is 63.0 Å². The van der Waals surface area contributed by atoms with Gasteiger partial charge in [-0.25, -0.2) is 53.0 Å². The molecule has 1 aliphatic heterocycles. The van der Waals surface area contributed by atoms with Crippen LogP contribution in [0.5, 0.6) is 5.75 Å². The summed E-state index contributed by atoms with van der Waals surface area (Å²) < 4.78 is 82.0. The highest BCUT2D eigenvalue weighted by Crippen LogP contribution is 2.66. The minimum Gasteiger partial charge on any atom is -0.488 e. The first kappa shape index (κ1) is 75.7. The SMILES string of the molecule is C#Cc1ccc(C2=CC3C(C2)C3c2noc(Cn3cnc4ncn(C)c4c3=O)n2)cc1F.CC(F)c1ccc(C2=CC3C(C2)C3c2noc(Cn3cnc4ncn(C)c4c3=O)n2)cc1.Cc1cccc(C2=CC3C(C2)C3c2noc(Cn3cnc4ncn(C)c4c3=O)n2)c1F.Cc1cccc2c1OC1C(c3noc(Cn4cnc5ncn(C)c5c4=O)n3)C21. The van der Waals surface area contributed by atoms with Crippen LogP contribution in [0, 0.1) is 73.3 Å². The van der Waals surface area contributed by atoms with Crippen LogP contribution >= 0.6 is 0 Å². The molecule has 4 fully saturated rings. The second kappa shape index (κ2) is 29.3. The van der Waals surface area contributed by atoms with E-state index in [4.69, 9.17) is 29.3 Å². The Bertz CT molecular complexity index is 7400. The number of allylic oxidation sites excluding steroid dienone is 6. The van der Waals surface area contributed by atoms with Crippen LogP contribution in [0.1, 0.15) is 153 Å². The number of nitrogens with zero attached hydrogens (tertiary/aromatic N) is 24. The molecule has 7 aliphatic carbocycles. The molecule has 24 rings (SSSR count). The monoisotopic (exact) mass is 1650 g/mol. The van der Waals surface area contributed by atoms with Crippen molar-refractivity contribution in [3.63, 3.8) is 0 Å². The molecule has 616 valence electrons. The molecule has 8 aliphatic rings. The van der Waals surface area contributed by atoms with Gasteiger partial charge in [-0.1, -0.05) is 112 Å². The van der Waals surface area contributed by atoms with Gasteiger partial charge >= 0.3 is 0 Å². The zero-order valence-electron chi connectivity index (χ0n) is 66.9. The standard InChI is InChI=1S/C23H21FN6O2.C23H17FN6O2.C22H19FN6O2.C19H16N6O3/c1-12(24)13-3-5-14(6-4-13)15-7-16-17(8-15)19(16)21-27-18(32-28-21)9-30-11-26-22-20(23(30)31)29(2)10-25-22;1-3-12-4-5-13(8-17(12)24)14-6-15-16(7-14)19(15)21-27-18(32-28-21)9-30-11-26-22-20(23(30)31)29(2)10-25-22;1-11-4-3-5-13(18(11)23)12-6-14-15(7-12)17(14)20-26-16(31-27-20)8-29-10-25-21-19(22(29)30)28(2)9-24-21;1-9-4-3-5-10-12-13(16(12)27-15(9)10)17-22-11(28-23-17)6-25-8-21-18-14(19(25)26)24(2)7-20-18/h3-7,10-12,16-17,19H,8-9H2,1-2H3;1,4-6,8,10-11,15-16,19H,7,9H2,2H3;3-6,9-10,14-15,17H,7-8H2,1-2H3;3-5,7-8,12-13,16H,6H2,1-2H3. The van der Waals surface area contributed by atoms with E-state index < -0.39 is 6.17 Å². The highest BCUT2D eigenvalue weighted by Gasteiger charge is 2.62. The number of ether oxygens (including phenoxy) is 1. The van der Waals surface area contributed by atoms with Gasteiger partial charge in [0.1, 0.15) is 81.1 Å². The fraction of sp³-hybridized carbons (Fsp3) is 0.310. The van der Waals surface area contributed by atoms with E-state index in [1.54, 1.807) is 97.7 Å². The smallest absolute Gasteiger partial charge is 0.280 e. The quantitative estimate of drug-likeness (QED) is 0.0811. The molecule has 123 heavy (non-hydrogen) atoms. The number of alkyl halides is 1. The van der Waals surface area contributed by atoms with Crippen LogP contribution < -0.4 is 27.0 Å². The number of aryl methyl sites for hydroxylation is 6. The molecule has 13 atom stereocenters. The highest BCUT2D eigenvalue weighted by molar-refractivity contribution is 5.75. The Balaban J connectivity index is 0.000000101. The zero-order chi connectivity index (χ0) is 84.2. The van der Waals surface area contributed by atoms with Gasteiger partial charge in [0.05, 0.1) is 36.8 Å². The first-order chi connectivity index (χ1) is 59.6. The van der Waals surface area contributed by atoms with Gasteiger partial charge < -0.3 is 41.1 Å². The maximum atomic E-state index is 14.4. The predicted octanol–water partition coefficient (Wildman–Crippen LogP) is 10.2. The van der Waals surface area contributed by atoms with Crippen molar-refractivity contribution in [3.05, 3.63) is 292 Å². The second-order valence-corrected chi connectivity index (χ2v) is 32.6. The van der Waals surface area contributed by atoms with Gasteiger partial charge in [-0.2, -0.15) is 19.9 Å². The number of para-hydroxylation sites is 1. The van der Waals surface area contributed by atoms with Crippen LogP contribution in [0.2, 0.25) is 0 Å². The summed E-state index contributed by atoms with van der Waals surface area (Å²) >= 11 is 0. The van der Waals surface area contributed by atoms with Gasteiger partial charge in [-0.05, 0) is 132 Å². The van der Waals surface area contributed by atoms with Crippen LogP contribution in [0.4, 0.5) is 13.2 Å². The number of imidazole rings is 4. The summed E-state index contributed by atoms with van der Waals surface area (Å²) in [4.78, 5) is 102. The molecule has 13 heterocycles. The van der Waals surface area contributed by atoms with Crippen molar-refractivity contribution < 1.29 is 36.0 Å². The van der Waals surface area contributed by atoms with Crippen molar-refractivity contribution in [2.45, 2.75) is 108 Å². The lowest BCUT2D eigenvalue weighted by Crippen LogP contribution is -2.22. The molecule has 13 unspecified atom stereocenters. The van der Waals surface area contributed by atoms with Crippen molar-refractivity contribution >= 4 is 61.4 Å². The highest BCUT2D eigenvalue weighted by atomic mass is 19.1. The minimum absolute atomic E-state index is 0.0664. The van der Waals surface area contributed by atoms with E-state index in [1.807, 2.05) is 48.5 Å². The first-order valence-corrected chi connectivity index (χ1v) is 40.1. The van der Waals surface area contributed by atoms with Crippen molar-refractivity contribution in [1.29, 1.82) is 0 Å².